The van der Waals surface area contributed by atoms with Crippen molar-refractivity contribution in [3.8, 4) is 0 Å². The number of hydrogen-bond donors (Lipinski definition) is 2. The third-order valence-corrected chi connectivity index (χ3v) is 5.50. The molecule has 1 amide bonds. The zero-order chi connectivity index (χ0) is 21.9. The van der Waals surface area contributed by atoms with E-state index in [0.29, 0.717) is 18.8 Å². The van der Waals surface area contributed by atoms with E-state index in [2.05, 4.69) is 10.7 Å². The number of rotatable bonds is 8. The maximum atomic E-state index is 14.4. The molecule has 29 heavy (non-hydrogen) atoms. The molecule has 1 unspecified atom stereocenters. The first kappa shape index (κ1) is 23.5. The number of halogens is 5. The molecule has 0 saturated heterocycles. The van der Waals surface area contributed by atoms with Gasteiger partial charge in [0.1, 0.15) is 0 Å². The molecule has 1 aliphatic rings. The Morgan fingerprint density at radius 3 is 2.17 bits per heavy atom. The molecule has 0 aliphatic carbocycles. The monoisotopic (exact) mass is 435 g/mol. The van der Waals surface area contributed by atoms with E-state index < -0.39 is 52.4 Å². The molecule has 0 aromatic heterocycles. The Hall–Kier alpha value is -1.80. The summed E-state index contributed by atoms with van der Waals surface area (Å²) in [6.45, 7) is 4.88. The molecule has 0 radical (unpaired) electrons. The molecule has 2 rings (SSSR count). The van der Waals surface area contributed by atoms with E-state index in [-0.39, 0.29) is 17.9 Å². The first-order valence-electron chi connectivity index (χ1n) is 9.55. The van der Waals surface area contributed by atoms with E-state index in [1.807, 2.05) is 13.8 Å². The minimum Gasteiger partial charge on any atom is -0.350 e. The van der Waals surface area contributed by atoms with Crippen LogP contribution in [0.15, 0.2) is 11.2 Å². The molecular formula is C20H26ClF4N3O. The number of amides is 1. The molecule has 0 spiro atoms. The van der Waals surface area contributed by atoms with Crippen molar-refractivity contribution in [1.29, 1.82) is 0 Å². The minimum atomic E-state index is -1.49. The molecule has 0 fully saturated rings. The fraction of sp³-hybridized carbons (Fsp3) is 0.550. The largest absolute Gasteiger partial charge is 0.350 e. The molecule has 2 N–H and O–H groups in total. The average molecular weight is 436 g/mol. The number of benzene rings is 1. The lowest BCUT2D eigenvalue weighted by Crippen LogP contribution is -2.56. The van der Waals surface area contributed by atoms with Crippen LogP contribution in [0.1, 0.15) is 51.2 Å². The van der Waals surface area contributed by atoms with Crippen LogP contribution in [0.25, 0.3) is 0 Å². The van der Waals surface area contributed by atoms with Crippen LogP contribution in [0.3, 0.4) is 0 Å². The first-order valence-corrected chi connectivity index (χ1v) is 9.93. The summed E-state index contributed by atoms with van der Waals surface area (Å²) in [6.07, 6.45) is 2.72. The lowest BCUT2D eigenvalue weighted by molar-refractivity contribution is -0.127. The van der Waals surface area contributed by atoms with Crippen molar-refractivity contribution < 1.29 is 22.4 Å². The third-order valence-electron chi connectivity index (χ3n) is 5.08. The summed E-state index contributed by atoms with van der Waals surface area (Å²) in [4.78, 5) is 12.6. The summed E-state index contributed by atoms with van der Waals surface area (Å²) in [5.41, 5.74) is 0.0808. The highest BCUT2D eigenvalue weighted by Crippen LogP contribution is 2.31. The number of hydrazine groups is 1. The number of hydrogen-bond acceptors (Lipinski definition) is 3. The second-order valence-electron chi connectivity index (χ2n) is 7.64. The highest BCUT2D eigenvalue weighted by molar-refractivity contribution is 6.33. The number of nitrogens with one attached hydrogen (secondary N) is 2. The molecule has 1 heterocycles. The van der Waals surface area contributed by atoms with Crippen molar-refractivity contribution in [2.45, 2.75) is 58.5 Å². The Bertz CT molecular complexity index is 786. The topological polar surface area (TPSA) is 44.4 Å². The van der Waals surface area contributed by atoms with Crippen LogP contribution >= 0.6 is 11.6 Å². The maximum Gasteiger partial charge on any atom is 0.247 e. The molecule has 4 nitrogen and oxygen atoms in total. The lowest BCUT2D eigenvalue weighted by atomic mass is 9.96. The van der Waals surface area contributed by atoms with Crippen LogP contribution in [0.5, 0.6) is 0 Å². The Labute approximate surface area is 173 Å². The highest BCUT2D eigenvalue weighted by Gasteiger charge is 2.44. The minimum absolute atomic E-state index is 0.105. The lowest BCUT2D eigenvalue weighted by Gasteiger charge is -2.29. The van der Waals surface area contributed by atoms with Gasteiger partial charge in [0.15, 0.2) is 28.8 Å². The molecule has 1 aromatic rings. The molecular weight excluding hydrogens is 410 g/mol. The van der Waals surface area contributed by atoms with Gasteiger partial charge in [-0.1, -0.05) is 38.8 Å². The SMILES string of the molecule is CCC1(C(=O)NCc2c(F)c(F)c(CCCC(C)C)c(F)c2F)NN(C)C=C1Cl. The van der Waals surface area contributed by atoms with Gasteiger partial charge in [0.2, 0.25) is 5.91 Å². The molecule has 162 valence electrons. The van der Waals surface area contributed by atoms with Gasteiger partial charge in [0.05, 0.1) is 5.03 Å². The van der Waals surface area contributed by atoms with Gasteiger partial charge in [-0.3, -0.25) is 4.79 Å². The Morgan fingerprint density at radius 2 is 1.72 bits per heavy atom. The van der Waals surface area contributed by atoms with Gasteiger partial charge in [0.25, 0.3) is 0 Å². The Kier molecular flexibility index (Phi) is 7.56. The van der Waals surface area contributed by atoms with E-state index in [1.54, 1.807) is 14.0 Å². The van der Waals surface area contributed by atoms with Gasteiger partial charge in [0, 0.05) is 30.9 Å². The predicted molar refractivity (Wildman–Crippen MR) is 104 cm³/mol. The van der Waals surface area contributed by atoms with Crippen LogP contribution in [0.2, 0.25) is 0 Å². The quantitative estimate of drug-likeness (QED) is 0.466. The molecule has 9 heteroatoms. The van der Waals surface area contributed by atoms with E-state index in [1.165, 1.54) is 11.2 Å². The number of nitrogens with zero attached hydrogens (tertiary/aromatic N) is 1. The van der Waals surface area contributed by atoms with Crippen molar-refractivity contribution >= 4 is 17.5 Å². The van der Waals surface area contributed by atoms with Crippen LogP contribution in [0.4, 0.5) is 17.6 Å². The van der Waals surface area contributed by atoms with Crippen molar-refractivity contribution in [1.82, 2.24) is 15.8 Å². The van der Waals surface area contributed by atoms with E-state index >= 15 is 0 Å². The fourth-order valence-corrected chi connectivity index (χ4v) is 3.75. The van der Waals surface area contributed by atoms with E-state index in [4.69, 9.17) is 11.6 Å². The predicted octanol–water partition coefficient (Wildman–Crippen LogP) is 4.52. The second-order valence-corrected chi connectivity index (χ2v) is 8.05. The van der Waals surface area contributed by atoms with Crippen LogP contribution in [0, 0.1) is 29.2 Å². The van der Waals surface area contributed by atoms with Crippen LogP contribution < -0.4 is 10.7 Å². The van der Waals surface area contributed by atoms with Gasteiger partial charge >= 0.3 is 0 Å². The van der Waals surface area contributed by atoms with Crippen LogP contribution in [-0.4, -0.2) is 23.5 Å². The zero-order valence-corrected chi connectivity index (χ0v) is 17.7. The van der Waals surface area contributed by atoms with Crippen molar-refractivity contribution in [3.05, 3.63) is 45.6 Å². The van der Waals surface area contributed by atoms with Gasteiger partial charge in [-0.25, -0.2) is 23.0 Å². The smallest absolute Gasteiger partial charge is 0.247 e. The summed E-state index contributed by atoms with van der Waals surface area (Å²) >= 11 is 6.14. The summed E-state index contributed by atoms with van der Waals surface area (Å²) < 4.78 is 57.6. The summed E-state index contributed by atoms with van der Waals surface area (Å²) in [5, 5.41) is 4.01. The van der Waals surface area contributed by atoms with Gasteiger partial charge in [-0.05, 0) is 25.2 Å². The number of carbonyl (C=O) groups is 1. The highest BCUT2D eigenvalue weighted by atomic mass is 35.5. The third kappa shape index (κ3) is 4.69. The summed E-state index contributed by atoms with van der Waals surface area (Å²) in [6, 6.07) is 0. The number of carbonyl (C=O) groups excluding carboxylic acids is 1. The van der Waals surface area contributed by atoms with Crippen molar-refractivity contribution in [2.75, 3.05) is 7.05 Å². The normalized spacial score (nSPS) is 19.1. The standard InChI is InChI=1S/C20H26ClF4N3O/c1-5-20(14(21)10-28(4)27-20)19(29)26-9-13-17(24)15(22)12(16(23)18(13)25)8-6-7-11(2)3/h10-11,27H,5-9H2,1-4H3,(H,26,29). The molecule has 1 atom stereocenters. The van der Waals surface area contributed by atoms with Crippen molar-refractivity contribution in [3.63, 3.8) is 0 Å². The first-order chi connectivity index (χ1) is 13.5. The molecule has 1 aromatic carbocycles. The maximum absolute atomic E-state index is 14.4. The van der Waals surface area contributed by atoms with Crippen LogP contribution in [-0.2, 0) is 17.8 Å². The molecule has 1 aliphatic heterocycles. The second kappa shape index (κ2) is 9.34. The summed E-state index contributed by atoms with van der Waals surface area (Å²) in [7, 11) is 1.63. The molecule has 0 bridgehead atoms. The fourth-order valence-electron chi connectivity index (χ4n) is 3.34. The summed E-state index contributed by atoms with van der Waals surface area (Å²) in [5.74, 6) is -6.18. The van der Waals surface area contributed by atoms with Gasteiger partial charge in [-0.2, -0.15) is 0 Å². The van der Waals surface area contributed by atoms with Gasteiger partial charge < -0.3 is 10.3 Å². The Balaban J connectivity index is 2.21. The van der Waals surface area contributed by atoms with E-state index in [0.717, 1.165) is 0 Å². The van der Waals surface area contributed by atoms with Gasteiger partial charge in [-0.15, -0.1) is 0 Å². The average Bonchev–Trinajstić information content (AvgIpc) is 2.96. The molecule has 0 saturated carbocycles. The van der Waals surface area contributed by atoms with E-state index in [9.17, 15) is 22.4 Å². The van der Waals surface area contributed by atoms with Crippen molar-refractivity contribution in [2.24, 2.45) is 5.92 Å². The zero-order valence-electron chi connectivity index (χ0n) is 16.9. The Morgan fingerprint density at radius 1 is 1.17 bits per heavy atom.